The fraction of sp³-hybridized carbons (Fsp3) is 0.200. The van der Waals surface area contributed by atoms with Gasteiger partial charge in [0.2, 0.25) is 0 Å². The first-order valence-electron chi connectivity index (χ1n) is 11.3. The molecule has 3 N–H and O–H groups in total. The molecule has 1 amide bonds. The van der Waals surface area contributed by atoms with Crippen LogP contribution in [0.15, 0.2) is 48.9 Å². The number of nitrogens with zero attached hydrogens (tertiary/aromatic N) is 5. The molecule has 0 bridgehead atoms. The molecule has 9 nitrogen and oxygen atoms in total. The molecule has 4 aromatic heterocycles. The lowest BCUT2D eigenvalue weighted by molar-refractivity contribution is 0.0775. The average Bonchev–Trinajstić information content (AvgIpc) is 3.48. The van der Waals surface area contributed by atoms with E-state index in [2.05, 4.69) is 35.7 Å². The van der Waals surface area contributed by atoms with Gasteiger partial charge in [0.1, 0.15) is 11.2 Å². The molecule has 0 aliphatic rings. The maximum atomic E-state index is 13.1. The molecular formula is C25H26N8OS. The number of carbonyl (C=O) groups is 1. The van der Waals surface area contributed by atoms with Crippen LogP contribution in [0.25, 0.3) is 44.7 Å². The molecule has 5 rings (SSSR count). The highest BCUT2D eigenvalue weighted by Crippen LogP contribution is 2.31. The van der Waals surface area contributed by atoms with Crippen LogP contribution in [0.3, 0.4) is 0 Å². The summed E-state index contributed by atoms with van der Waals surface area (Å²) in [6.07, 6.45) is 7.37. The van der Waals surface area contributed by atoms with Gasteiger partial charge < -0.3 is 14.6 Å². The molecule has 0 spiro atoms. The van der Waals surface area contributed by atoms with E-state index in [1.54, 1.807) is 23.5 Å². The standard InChI is InChI=1S/C25H26N8OS/c1-5-33(6-2)25(34)18-8-7-9-20-21(18)29-24(28-20)22-19-11-16(13-27-23(19)31-30-22)15-10-17(14-26-12-15)32-35(3)4/h7-14,32H,3,5-6H2,1-2,4H3,(H,28,29)(H,27,30,31). The predicted octanol–water partition coefficient (Wildman–Crippen LogP) is 4.70. The van der Waals surface area contributed by atoms with Crippen LogP contribution in [0.5, 0.6) is 0 Å². The number of hydrogen-bond acceptors (Lipinski definition) is 6. The second-order valence-corrected chi connectivity index (χ2v) is 9.64. The molecule has 0 radical (unpaired) electrons. The summed E-state index contributed by atoms with van der Waals surface area (Å²) in [5.41, 5.74) is 6.03. The van der Waals surface area contributed by atoms with Gasteiger partial charge in [0, 0.05) is 36.6 Å². The number of para-hydroxylation sites is 1. The van der Waals surface area contributed by atoms with E-state index >= 15 is 0 Å². The summed E-state index contributed by atoms with van der Waals surface area (Å²) in [6.45, 7) is 5.23. The number of aromatic nitrogens is 6. The van der Waals surface area contributed by atoms with E-state index in [1.165, 1.54) is 0 Å². The van der Waals surface area contributed by atoms with Gasteiger partial charge in [0.15, 0.2) is 11.5 Å². The minimum atomic E-state index is -0.204. The largest absolute Gasteiger partial charge is 0.339 e. The maximum absolute atomic E-state index is 13.1. The van der Waals surface area contributed by atoms with E-state index < -0.39 is 0 Å². The highest BCUT2D eigenvalue weighted by atomic mass is 32.2. The molecular weight excluding hydrogens is 460 g/mol. The van der Waals surface area contributed by atoms with Crippen LogP contribution in [-0.2, 0) is 0 Å². The Morgan fingerprint density at radius 2 is 1.94 bits per heavy atom. The SMILES string of the molecule is C=S(C)Nc1cncc(-c2cnc3n[nH]c(-c4nc5c(C(=O)N(CC)CC)cccc5[nH]4)c3c2)c1. The van der Waals surface area contributed by atoms with Crippen LogP contribution in [0.4, 0.5) is 5.69 Å². The van der Waals surface area contributed by atoms with Crippen molar-refractivity contribution in [1.82, 2.24) is 35.0 Å². The van der Waals surface area contributed by atoms with E-state index in [-0.39, 0.29) is 16.6 Å². The van der Waals surface area contributed by atoms with Gasteiger partial charge >= 0.3 is 0 Å². The van der Waals surface area contributed by atoms with Crippen LogP contribution in [0.1, 0.15) is 24.2 Å². The van der Waals surface area contributed by atoms with Gasteiger partial charge in [-0.05, 0) is 44.4 Å². The zero-order valence-electron chi connectivity index (χ0n) is 19.8. The number of carbonyl (C=O) groups excluding carboxylic acids is 1. The van der Waals surface area contributed by atoms with Crippen molar-refractivity contribution >= 4 is 50.2 Å². The second kappa shape index (κ2) is 9.30. The second-order valence-electron chi connectivity index (χ2n) is 8.16. The Hall–Kier alpha value is -4.05. The lowest BCUT2D eigenvalue weighted by Crippen LogP contribution is -2.30. The van der Waals surface area contributed by atoms with Crippen LogP contribution in [0, 0.1) is 0 Å². The van der Waals surface area contributed by atoms with Gasteiger partial charge in [0.25, 0.3) is 5.91 Å². The molecule has 1 atom stereocenters. The van der Waals surface area contributed by atoms with E-state index in [0.29, 0.717) is 41.3 Å². The number of rotatable bonds is 7. The van der Waals surface area contributed by atoms with Crippen LogP contribution in [0.2, 0.25) is 0 Å². The Balaban J connectivity index is 1.58. The van der Waals surface area contributed by atoms with Crippen molar-refractivity contribution in [3.05, 3.63) is 54.5 Å². The molecule has 35 heavy (non-hydrogen) atoms. The Morgan fingerprint density at radius 1 is 1.14 bits per heavy atom. The first kappa shape index (κ1) is 22.7. The quantitative estimate of drug-likeness (QED) is 0.287. The molecule has 1 aromatic carbocycles. The van der Waals surface area contributed by atoms with Crippen molar-refractivity contribution in [2.75, 3.05) is 24.1 Å². The number of pyridine rings is 2. The van der Waals surface area contributed by atoms with E-state index in [9.17, 15) is 4.79 Å². The fourth-order valence-corrected chi connectivity index (χ4v) is 4.61. The molecule has 0 fully saturated rings. The monoisotopic (exact) mass is 486 g/mol. The van der Waals surface area contributed by atoms with E-state index in [1.807, 2.05) is 50.4 Å². The van der Waals surface area contributed by atoms with Crippen molar-refractivity contribution in [3.63, 3.8) is 0 Å². The number of aromatic amines is 2. The first-order chi connectivity index (χ1) is 17.0. The summed E-state index contributed by atoms with van der Waals surface area (Å²) < 4.78 is 3.30. The lowest BCUT2D eigenvalue weighted by Gasteiger charge is -2.18. The molecule has 178 valence electrons. The fourth-order valence-electron chi connectivity index (χ4n) is 4.10. The zero-order valence-corrected chi connectivity index (χ0v) is 20.6. The molecule has 5 aromatic rings. The smallest absolute Gasteiger partial charge is 0.256 e. The molecule has 4 heterocycles. The summed E-state index contributed by atoms with van der Waals surface area (Å²) >= 11 is 0. The molecule has 0 saturated heterocycles. The van der Waals surface area contributed by atoms with Gasteiger partial charge in [-0.1, -0.05) is 11.9 Å². The van der Waals surface area contributed by atoms with Gasteiger partial charge in [-0.15, -0.1) is 10.7 Å². The van der Waals surface area contributed by atoms with Crippen molar-refractivity contribution in [2.24, 2.45) is 0 Å². The Bertz CT molecular complexity index is 1570. The molecule has 1 unspecified atom stereocenters. The van der Waals surface area contributed by atoms with Crippen molar-refractivity contribution < 1.29 is 4.79 Å². The molecule has 0 saturated carbocycles. The topological polar surface area (TPSA) is 115 Å². The highest BCUT2D eigenvalue weighted by Gasteiger charge is 2.20. The first-order valence-corrected chi connectivity index (χ1v) is 13.1. The molecule has 0 aliphatic heterocycles. The highest BCUT2D eigenvalue weighted by molar-refractivity contribution is 8.14. The van der Waals surface area contributed by atoms with Crippen LogP contribution < -0.4 is 4.72 Å². The minimum Gasteiger partial charge on any atom is -0.339 e. The normalized spacial score (nSPS) is 12.2. The zero-order chi connectivity index (χ0) is 24.5. The van der Waals surface area contributed by atoms with E-state index in [0.717, 1.165) is 27.7 Å². The van der Waals surface area contributed by atoms with E-state index in [4.69, 9.17) is 4.98 Å². The summed E-state index contributed by atoms with van der Waals surface area (Å²) in [6, 6.07) is 9.65. The number of hydrogen-bond donors (Lipinski definition) is 3. The maximum Gasteiger partial charge on any atom is 0.256 e. The number of amides is 1. The average molecular weight is 487 g/mol. The third-order valence-corrected chi connectivity index (χ3v) is 6.39. The minimum absolute atomic E-state index is 0.0322. The third-order valence-electron chi connectivity index (χ3n) is 5.80. The van der Waals surface area contributed by atoms with Crippen molar-refractivity contribution in [3.8, 4) is 22.6 Å². The Kier molecular flexibility index (Phi) is 6.04. The number of fused-ring (bicyclic) bond motifs is 2. The molecule has 0 aliphatic carbocycles. The molecule has 10 heteroatoms. The number of nitrogens with one attached hydrogen (secondary N) is 3. The van der Waals surface area contributed by atoms with Gasteiger partial charge in [-0.3, -0.25) is 14.9 Å². The number of benzene rings is 1. The number of imidazole rings is 1. The lowest BCUT2D eigenvalue weighted by atomic mass is 10.1. The van der Waals surface area contributed by atoms with Crippen molar-refractivity contribution in [1.29, 1.82) is 0 Å². The Morgan fingerprint density at radius 3 is 2.71 bits per heavy atom. The van der Waals surface area contributed by atoms with Gasteiger partial charge in [0.05, 0.1) is 28.4 Å². The predicted molar refractivity (Wildman–Crippen MR) is 144 cm³/mol. The van der Waals surface area contributed by atoms with Crippen molar-refractivity contribution in [2.45, 2.75) is 13.8 Å². The van der Waals surface area contributed by atoms with Gasteiger partial charge in [-0.2, -0.15) is 5.10 Å². The van der Waals surface area contributed by atoms with Gasteiger partial charge in [-0.25, -0.2) is 9.97 Å². The Labute approximate surface area is 205 Å². The van der Waals surface area contributed by atoms with Crippen LogP contribution in [-0.4, -0.2) is 66.2 Å². The van der Waals surface area contributed by atoms with Crippen LogP contribution >= 0.6 is 10.7 Å². The third kappa shape index (κ3) is 4.28. The summed E-state index contributed by atoms with van der Waals surface area (Å²) in [5, 5.41) is 8.25. The summed E-state index contributed by atoms with van der Waals surface area (Å²) in [7, 11) is -0.204. The number of anilines is 1. The summed E-state index contributed by atoms with van der Waals surface area (Å²) in [4.78, 5) is 31.9. The summed E-state index contributed by atoms with van der Waals surface area (Å²) in [5.74, 6) is 4.57. The number of H-pyrrole nitrogens is 2.